The van der Waals surface area contributed by atoms with E-state index in [9.17, 15) is 0 Å². The highest BCUT2D eigenvalue weighted by Gasteiger charge is 2.49. The second kappa shape index (κ2) is 10.4. The number of methoxy groups -OCH3 is 1. The summed E-state index contributed by atoms with van der Waals surface area (Å²) in [7, 11) is 5.83. The lowest BCUT2D eigenvalue weighted by atomic mass is 9.83. The molecule has 2 aliphatic carbocycles. The maximum absolute atomic E-state index is 6.47. The van der Waals surface area contributed by atoms with Gasteiger partial charge in [0.05, 0.1) is 6.54 Å². The van der Waals surface area contributed by atoms with E-state index >= 15 is 0 Å². The van der Waals surface area contributed by atoms with Crippen LogP contribution in [-0.2, 0) is 32.5 Å². The third kappa shape index (κ3) is 5.75. The van der Waals surface area contributed by atoms with Crippen LogP contribution < -0.4 is 0 Å². The lowest BCUT2D eigenvalue weighted by Crippen LogP contribution is -2.46. The summed E-state index contributed by atoms with van der Waals surface area (Å²) in [6, 6.07) is 0.638. The summed E-state index contributed by atoms with van der Waals surface area (Å²) in [5.41, 5.74) is 0. The van der Waals surface area contributed by atoms with Gasteiger partial charge in [0.2, 0.25) is 0 Å². The Morgan fingerprint density at radius 1 is 1.23 bits per heavy atom. The number of rotatable bonds is 9. The van der Waals surface area contributed by atoms with E-state index < -0.39 is 12.1 Å². The number of aromatic nitrogens is 3. The predicted octanol–water partition coefficient (Wildman–Crippen LogP) is 3.32. The Balaban J connectivity index is 1.49. The highest BCUT2D eigenvalue weighted by molar-refractivity contribution is 7.71. The molecule has 31 heavy (non-hydrogen) atoms. The highest BCUT2D eigenvalue weighted by Crippen LogP contribution is 2.41. The maximum Gasteiger partial charge on any atom is 0.197 e. The van der Waals surface area contributed by atoms with E-state index in [-0.39, 0.29) is 12.7 Å². The molecule has 1 saturated heterocycles. The molecule has 0 amide bonds. The van der Waals surface area contributed by atoms with Crippen LogP contribution in [0.5, 0.6) is 0 Å². The van der Waals surface area contributed by atoms with Crippen molar-refractivity contribution in [1.82, 2.24) is 19.2 Å². The summed E-state index contributed by atoms with van der Waals surface area (Å²) in [6.45, 7) is 2.30. The smallest absolute Gasteiger partial charge is 0.197 e. The number of ether oxygens (including phenoxy) is 4. The fourth-order valence-electron chi connectivity index (χ4n) is 5.08. The van der Waals surface area contributed by atoms with E-state index in [0.717, 1.165) is 18.8 Å². The molecule has 1 aliphatic heterocycles. The Labute approximate surface area is 190 Å². The first kappa shape index (κ1) is 23.3. The lowest BCUT2D eigenvalue weighted by molar-refractivity contribution is -0.260. The summed E-state index contributed by atoms with van der Waals surface area (Å²) in [5, 5.41) is 4.47. The van der Waals surface area contributed by atoms with Gasteiger partial charge >= 0.3 is 0 Å². The van der Waals surface area contributed by atoms with Gasteiger partial charge in [-0.3, -0.25) is 0 Å². The largest absolute Gasteiger partial charge is 0.359 e. The molecule has 1 aromatic rings. The van der Waals surface area contributed by atoms with Crippen LogP contribution in [0.15, 0.2) is 6.33 Å². The van der Waals surface area contributed by atoms with Crippen LogP contribution in [0.25, 0.3) is 0 Å². The SMILES string of the molecule is COCOC1COC(Cn2ncn(C)c2=S)(C2CCCCC(N(C)CC3CC3)CC2)O1. The molecule has 0 spiro atoms. The first-order valence-corrected chi connectivity index (χ1v) is 12.1. The maximum atomic E-state index is 6.47. The second-order valence-corrected chi connectivity index (χ2v) is 9.89. The van der Waals surface area contributed by atoms with Gasteiger partial charge in [-0.05, 0) is 63.7 Å². The Morgan fingerprint density at radius 2 is 2.03 bits per heavy atom. The van der Waals surface area contributed by atoms with E-state index in [1.165, 1.54) is 45.1 Å². The summed E-state index contributed by atoms with van der Waals surface area (Å²) < 4.78 is 28.0. The molecule has 3 fully saturated rings. The van der Waals surface area contributed by atoms with Crippen molar-refractivity contribution < 1.29 is 18.9 Å². The van der Waals surface area contributed by atoms with Crippen LogP contribution in [0.2, 0.25) is 0 Å². The van der Waals surface area contributed by atoms with Gasteiger partial charge in [-0.1, -0.05) is 12.8 Å². The molecule has 2 saturated carbocycles. The molecule has 0 N–H and O–H groups in total. The number of aryl methyl sites for hydroxylation is 1. The highest BCUT2D eigenvalue weighted by atomic mass is 32.1. The lowest BCUT2D eigenvalue weighted by Gasteiger charge is -2.39. The van der Waals surface area contributed by atoms with E-state index in [4.69, 9.17) is 31.2 Å². The molecule has 0 bridgehead atoms. The zero-order valence-electron chi connectivity index (χ0n) is 19.2. The summed E-state index contributed by atoms with van der Waals surface area (Å²) in [4.78, 5) is 2.60. The average Bonchev–Trinajstić information content (AvgIpc) is 3.37. The van der Waals surface area contributed by atoms with Crippen LogP contribution in [0.3, 0.4) is 0 Å². The zero-order valence-corrected chi connectivity index (χ0v) is 20.0. The molecule has 1 aromatic heterocycles. The van der Waals surface area contributed by atoms with Crippen molar-refractivity contribution in [2.75, 3.05) is 34.1 Å². The van der Waals surface area contributed by atoms with Crippen molar-refractivity contribution in [1.29, 1.82) is 0 Å². The molecule has 9 heteroatoms. The Bertz CT molecular complexity index is 767. The summed E-state index contributed by atoms with van der Waals surface area (Å²) >= 11 is 5.55. The van der Waals surface area contributed by atoms with Gasteiger partial charge in [-0.15, -0.1) is 0 Å². The van der Waals surface area contributed by atoms with Crippen molar-refractivity contribution in [3.8, 4) is 0 Å². The molecule has 176 valence electrons. The van der Waals surface area contributed by atoms with Crippen molar-refractivity contribution >= 4 is 12.2 Å². The van der Waals surface area contributed by atoms with Crippen molar-refractivity contribution in [2.24, 2.45) is 18.9 Å². The molecule has 3 aliphatic rings. The van der Waals surface area contributed by atoms with Crippen LogP contribution >= 0.6 is 12.2 Å². The standard InChI is InChI=1S/C22H38N4O4S/c1-24(12-17-8-9-17)19-7-5-4-6-18(10-11-19)22(14-26-21(31)25(2)15-23-26)29-13-20(30-22)28-16-27-3/h15,17-20H,4-14,16H2,1-3H3. The molecule has 8 nitrogen and oxygen atoms in total. The number of nitrogens with zero attached hydrogens (tertiary/aromatic N) is 4. The van der Waals surface area contributed by atoms with E-state index in [2.05, 4.69) is 17.0 Å². The van der Waals surface area contributed by atoms with E-state index in [0.29, 0.717) is 24.0 Å². The number of hydrogen-bond donors (Lipinski definition) is 0. The minimum atomic E-state index is -0.776. The minimum absolute atomic E-state index is 0.186. The van der Waals surface area contributed by atoms with Crippen molar-refractivity contribution in [3.05, 3.63) is 11.1 Å². The molecule has 0 radical (unpaired) electrons. The molecule has 4 atom stereocenters. The Kier molecular flexibility index (Phi) is 7.82. The molecule has 4 rings (SSSR count). The molecular weight excluding hydrogens is 416 g/mol. The van der Waals surface area contributed by atoms with Gasteiger partial charge in [0.25, 0.3) is 0 Å². The van der Waals surface area contributed by atoms with Crippen LogP contribution in [0.1, 0.15) is 51.4 Å². The third-order valence-corrected chi connectivity index (χ3v) is 7.60. The predicted molar refractivity (Wildman–Crippen MR) is 119 cm³/mol. The first-order chi connectivity index (χ1) is 15.0. The molecular formula is C22H38N4O4S. The Hall–Kier alpha value is -0.840. The fraction of sp³-hybridized carbons (Fsp3) is 0.909. The normalized spacial score (nSPS) is 32.3. The van der Waals surface area contributed by atoms with Crippen molar-refractivity contribution in [3.63, 3.8) is 0 Å². The first-order valence-electron chi connectivity index (χ1n) is 11.7. The van der Waals surface area contributed by atoms with Crippen LogP contribution in [0.4, 0.5) is 0 Å². The van der Waals surface area contributed by atoms with Crippen LogP contribution in [-0.4, -0.2) is 71.5 Å². The van der Waals surface area contributed by atoms with Gasteiger partial charge in [-0.2, -0.15) is 5.10 Å². The average molecular weight is 455 g/mol. The monoisotopic (exact) mass is 454 g/mol. The Morgan fingerprint density at radius 3 is 2.74 bits per heavy atom. The summed E-state index contributed by atoms with van der Waals surface area (Å²) in [5.74, 6) is 0.413. The van der Waals surface area contributed by atoms with Gasteiger partial charge < -0.3 is 28.4 Å². The van der Waals surface area contributed by atoms with E-state index in [1.807, 2.05) is 16.3 Å². The van der Waals surface area contributed by atoms with Gasteiger partial charge in [-0.25, -0.2) is 4.68 Å². The van der Waals surface area contributed by atoms with Gasteiger partial charge in [0, 0.05) is 32.7 Å². The zero-order chi connectivity index (χ0) is 21.8. The third-order valence-electron chi connectivity index (χ3n) is 7.10. The van der Waals surface area contributed by atoms with Gasteiger partial charge in [0.1, 0.15) is 19.7 Å². The fourth-order valence-corrected chi connectivity index (χ4v) is 5.24. The second-order valence-electron chi connectivity index (χ2n) is 9.52. The number of hydrogen-bond acceptors (Lipinski definition) is 7. The van der Waals surface area contributed by atoms with E-state index in [1.54, 1.807) is 13.4 Å². The molecule has 4 unspecified atom stereocenters. The van der Waals surface area contributed by atoms with Gasteiger partial charge in [0.15, 0.2) is 16.8 Å². The molecule has 2 heterocycles. The van der Waals surface area contributed by atoms with Crippen LogP contribution in [0, 0.1) is 16.6 Å². The molecule has 0 aromatic carbocycles. The van der Waals surface area contributed by atoms with Crippen molar-refractivity contribution in [2.45, 2.75) is 76.0 Å². The summed E-state index contributed by atoms with van der Waals surface area (Å²) in [6.07, 6.45) is 11.1. The quantitative estimate of drug-likeness (QED) is 0.419. The minimum Gasteiger partial charge on any atom is -0.359 e. The topological polar surface area (TPSA) is 62.9 Å².